The molecule has 1 heterocycles. The lowest BCUT2D eigenvalue weighted by atomic mass is 10.1. The Bertz CT molecular complexity index is 2280. The Kier molecular flexibility index (Phi) is 12.4. The highest BCUT2D eigenvalue weighted by Gasteiger charge is 2.24. The normalized spacial score (nSPS) is 11.6. The third-order valence-corrected chi connectivity index (χ3v) is 10.1. The zero-order chi connectivity index (χ0) is 37.9. The third kappa shape index (κ3) is 9.54. The van der Waals surface area contributed by atoms with E-state index in [9.17, 15) is 14.4 Å². The number of amides is 3. The number of nitrogens with zero attached hydrogens (tertiary/aromatic N) is 1. The van der Waals surface area contributed by atoms with Gasteiger partial charge >= 0.3 is 0 Å². The number of benzene rings is 5. The summed E-state index contributed by atoms with van der Waals surface area (Å²) in [4.78, 5) is 46.4. The molecule has 10 nitrogen and oxygen atoms in total. The van der Waals surface area contributed by atoms with E-state index in [-0.39, 0.29) is 11.6 Å². The van der Waals surface area contributed by atoms with Gasteiger partial charge in [-0.3, -0.25) is 14.4 Å². The molecule has 0 radical (unpaired) electrons. The number of thiazole rings is 1. The van der Waals surface area contributed by atoms with E-state index in [1.54, 1.807) is 87.0 Å². The van der Waals surface area contributed by atoms with Gasteiger partial charge in [0.15, 0.2) is 5.13 Å². The number of hydrogen-bond acceptors (Lipinski definition) is 9. The molecule has 0 aliphatic rings. The van der Waals surface area contributed by atoms with E-state index in [0.29, 0.717) is 39.2 Å². The quantitative estimate of drug-likeness (QED) is 0.0744. The molecule has 0 aliphatic carbocycles. The number of thioether (sulfide) groups is 1. The van der Waals surface area contributed by atoms with Crippen LogP contribution in [-0.4, -0.2) is 44.0 Å². The van der Waals surface area contributed by atoms with Crippen molar-refractivity contribution in [2.45, 2.75) is 10.1 Å². The fraction of sp³-hybridized carbons (Fsp3) is 0.0952. The van der Waals surface area contributed by atoms with Gasteiger partial charge in [-0.15, -0.1) is 23.1 Å². The summed E-state index contributed by atoms with van der Waals surface area (Å²) in [6.45, 7) is 0. The van der Waals surface area contributed by atoms with Crippen molar-refractivity contribution in [3.8, 4) is 28.5 Å². The number of ether oxygens (including phenoxy) is 3. The second-order valence-corrected chi connectivity index (χ2v) is 13.7. The van der Waals surface area contributed by atoms with Gasteiger partial charge in [0.25, 0.3) is 11.8 Å². The Morgan fingerprint density at radius 3 is 2.20 bits per heavy atom. The van der Waals surface area contributed by atoms with E-state index in [2.05, 4.69) is 20.9 Å². The van der Waals surface area contributed by atoms with Gasteiger partial charge in [-0.25, -0.2) is 4.98 Å². The number of methoxy groups -OCH3 is 3. The first kappa shape index (κ1) is 37.4. The molecule has 0 fully saturated rings. The molecule has 6 aromatic rings. The zero-order valence-corrected chi connectivity index (χ0v) is 31.2. The van der Waals surface area contributed by atoms with E-state index in [4.69, 9.17) is 14.2 Å². The van der Waals surface area contributed by atoms with Gasteiger partial charge in [0, 0.05) is 38.7 Å². The lowest BCUT2D eigenvalue weighted by Gasteiger charge is -2.17. The van der Waals surface area contributed by atoms with Crippen molar-refractivity contribution < 1.29 is 28.6 Å². The molecular formula is C42H36N4O6S2. The highest BCUT2D eigenvalue weighted by atomic mass is 32.2. The standard InChI is InChI=1S/C42H36N4O6S2/c1-50-32-18-10-16-29(22-32)36-26-53-42(45-36)46-41(49)38(27-12-6-4-7-13-27)54-34-19-11-17-31(24-34)43-40(48)35(44-39(47)28-14-8-5-9-15-28)23-30-20-21-33(51-2)25-37(30)52-3/h4-26,38H,1-3H3,(H,43,48)(H,44,47)(H,45,46,49)/b35-23+. The smallest absolute Gasteiger partial charge is 0.272 e. The number of rotatable bonds is 14. The summed E-state index contributed by atoms with van der Waals surface area (Å²) in [5, 5.41) is 10.4. The minimum Gasteiger partial charge on any atom is -0.497 e. The summed E-state index contributed by atoms with van der Waals surface area (Å²) >= 11 is 2.66. The van der Waals surface area contributed by atoms with Gasteiger partial charge in [0.1, 0.15) is 28.2 Å². The summed E-state index contributed by atoms with van der Waals surface area (Å²) in [6.07, 6.45) is 1.54. The van der Waals surface area contributed by atoms with Crippen LogP contribution < -0.4 is 30.2 Å². The van der Waals surface area contributed by atoms with Gasteiger partial charge in [0.2, 0.25) is 5.91 Å². The summed E-state index contributed by atoms with van der Waals surface area (Å²) < 4.78 is 16.2. The van der Waals surface area contributed by atoms with Crippen LogP contribution in [0.5, 0.6) is 17.2 Å². The number of hydrogen-bond donors (Lipinski definition) is 3. The Labute approximate surface area is 321 Å². The molecule has 1 unspecified atom stereocenters. The lowest BCUT2D eigenvalue weighted by molar-refractivity contribution is -0.116. The molecule has 272 valence electrons. The topological polar surface area (TPSA) is 128 Å². The van der Waals surface area contributed by atoms with E-state index in [0.717, 1.165) is 21.7 Å². The van der Waals surface area contributed by atoms with Crippen LogP contribution in [0.3, 0.4) is 0 Å². The van der Waals surface area contributed by atoms with Gasteiger partial charge in [-0.1, -0.05) is 66.7 Å². The Morgan fingerprint density at radius 2 is 1.46 bits per heavy atom. The second kappa shape index (κ2) is 17.9. The third-order valence-electron chi connectivity index (χ3n) is 8.06. The highest BCUT2D eigenvalue weighted by molar-refractivity contribution is 8.00. The average Bonchev–Trinajstić information content (AvgIpc) is 3.69. The monoisotopic (exact) mass is 756 g/mol. The van der Waals surface area contributed by atoms with Crippen molar-refractivity contribution in [3.05, 3.63) is 155 Å². The predicted molar refractivity (Wildman–Crippen MR) is 214 cm³/mol. The van der Waals surface area contributed by atoms with E-state index < -0.39 is 17.1 Å². The van der Waals surface area contributed by atoms with Gasteiger partial charge in [-0.05, 0) is 66.2 Å². The number of nitrogens with one attached hydrogen (secondary N) is 3. The van der Waals surface area contributed by atoms with E-state index >= 15 is 0 Å². The first-order chi connectivity index (χ1) is 26.3. The van der Waals surface area contributed by atoms with Gasteiger partial charge in [-0.2, -0.15) is 0 Å². The lowest BCUT2D eigenvalue weighted by Crippen LogP contribution is -2.30. The van der Waals surface area contributed by atoms with Crippen molar-refractivity contribution in [3.63, 3.8) is 0 Å². The van der Waals surface area contributed by atoms with Gasteiger partial charge < -0.3 is 30.2 Å². The minimum atomic E-state index is -0.649. The van der Waals surface area contributed by atoms with Crippen LogP contribution in [0.1, 0.15) is 26.7 Å². The molecule has 12 heteroatoms. The first-order valence-electron chi connectivity index (χ1n) is 16.7. The molecule has 0 bridgehead atoms. The summed E-state index contributed by atoms with van der Waals surface area (Å²) in [5.74, 6) is 0.464. The van der Waals surface area contributed by atoms with Crippen molar-refractivity contribution in [2.75, 3.05) is 32.0 Å². The van der Waals surface area contributed by atoms with E-state index in [1.807, 2.05) is 66.0 Å². The van der Waals surface area contributed by atoms with Crippen molar-refractivity contribution in [1.82, 2.24) is 10.3 Å². The van der Waals surface area contributed by atoms with Crippen molar-refractivity contribution in [1.29, 1.82) is 0 Å². The van der Waals surface area contributed by atoms with Crippen LogP contribution in [0.4, 0.5) is 10.8 Å². The summed E-state index contributed by atoms with van der Waals surface area (Å²) in [5.41, 5.74) is 3.77. The molecule has 0 aliphatic heterocycles. The maximum Gasteiger partial charge on any atom is 0.272 e. The molecular weight excluding hydrogens is 721 g/mol. The number of carbonyl (C=O) groups excluding carboxylic acids is 3. The summed E-state index contributed by atoms with van der Waals surface area (Å²) in [7, 11) is 4.67. The van der Waals surface area contributed by atoms with Crippen LogP contribution in [0.25, 0.3) is 17.3 Å². The van der Waals surface area contributed by atoms with Crippen molar-refractivity contribution >= 4 is 57.7 Å². The fourth-order valence-electron chi connectivity index (χ4n) is 5.34. The Morgan fingerprint density at radius 1 is 0.741 bits per heavy atom. The number of anilines is 2. The molecule has 3 amide bonds. The molecule has 5 aromatic carbocycles. The second-order valence-electron chi connectivity index (χ2n) is 11.6. The van der Waals surface area contributed by atoms with Crippen LogP contribution >= 0.6 is 23.1 Å². The molecule has 3 N–H and O–H groups in total. The van der Waals surface area contributed by atoms with Crippen LogP contribution in [0.2, 0.25) is 0 Å². The highest BCUT2D eigenvalue weighted by Crippen LogP contribution is 2.38. The fourth-order valence-corrected chi connectivity index (χ4v) is 7.14. The van der Waals surface area contributed by atoms with E-state index in [1.165, 1.54) is 30.2 Å². The predicted octanol–water partition coefficient (Wildman–Crippen LogP) is 8.72. The number of carbonyl (C=O) groups is 3. The Hall–Kier alpha value is -6.37. The molecule has 1 aromatic heterocycles. The average molecular weight is 757 g/mol. The molecule has 0 saturated heterocycles. The first-order valence-corrected chi connectivity index (χ1v) is 18.4. The largest absolute Gasteiger partial charge is 0.497 e. The molecule has 6 rings (SSSR count). The van der Waals surface area contributed by atoms with Crippen LogP contribution in [0, 0.1) is 0 Å². The van der Waals surface area contributed by atoms with Gasteiger partial charge in [0.05, 0.1) is 27.0 Å². The molecule has 0 saturated carbocycles. The zero-order valence-electron chi connectivity index (χ0n) is 29.6. The van der Waals surface area contributed by atoms with Crippen LogP contribution in [-0.2, 0) is 9.59 Å². The Balaban J connectivity index is 1.23. The van der Waals surface area contributed by atoms with Crippen LogP contribution in [0.15, 0.2) is 143 Å². The molecule has 0 spiro atoms. The molecule has 1 atom stereocenters. The minimum absolute atomic E-state index is 0.0105. The maximum absolute atomic E-state index is 13.9. The maximum atomic E-state index is 13.9. The molecule has 54 heavy (non-hydrogen) atoms. The summed E-state index contributed by atoms with van der Waals surface area (Å²) in [6, 6.07) is 38.0. The van der Waals surface area contributed by atoms with Crippen molar-refractivity contribution in [2.24, 2.45) is 0 Å². The number of aromatic nitrogens is 1. The SMILES string of the molecule is COc1cccc(-c2csc(NC(=O)C(Sc3cccc(NC(=O)/C(=C\c4ccc(OC)cc4OC)NC(=O)c4ccccc4)c3)c3ccccc3)n2)c1.